The van der Waals surface area contributed by atoms with Crippen molar-refractivity contribution < 1.29 is 9.21 Å². The van der Waals surface area contributed by atoms with E-state index in [1.54, 1.807) is 24.6 Å². The maximum Gasteiger partial charge on any atom is 0.240 e. The number of anilines is 2. The number of aromatic nitrogens is 2. The van der Waals surface area contributed by atoms with Crippen LogP contribution in [0.4, 0.5) is 11.7 Å². The highest BCUT2D eigenvalue weighted by molar-refractivity contribution is 7.16. The number of nitrogens with one attached hydrogen (secondary N) is 1. The Hall–Kier alpha value is -2.96. The van der Waals surface area contributed by atoms with E-state index in [1.165, 1.54) is 0 Å². The first-order chi connectivity index (χ1) is 13.6. The maximum atomic E-state index is 12.4. The van der Waals surface area contributed by atoms with Gasteiger partial charge in [0.1, 0.15) is 34.4 Å². The van der Waals surface area contributed by atoms with Gasteiger partial charge in [-0.05, 0) is 25.3 Å². The fraction of sp³-hybridized carbons (Fsp3) is 0.368. The van der Waals surface area contributed by atoms with Crippen LogP contribution < -0.4 is 10.2 Å². The number of hydrogen-bond acceptors (Lipinski definition) is 8. The van der Waals surface area contributed by atoms with Crippen molar-refractivity contribution in [3.8, 4) is 6.07 Å². The van der Waals surface area contributed by atoms with Crippen LogP contribution in [0.3, 0.4) is 0 Å². The first-order valence-electron chi connectivity index (χ1n) is 9.02. The molecule has 144 valence electrons. The Labute approximate surface area is 166 Å². The van der Waals surface area contributed by atoms with Crippen LogP contribution in [-0.2, 0) is 4.79 Å². The lowest BCUT2D eigenvalue weighted by atomic mass is 10.2. The Morgan fingerprint density at radius 2 is 2.11 bits per heavy atom. The molecule has 0 spiro atoms. The van der Waals surface area contributed by atoms with Crippen LogP contribution in [0.15, 0.2) is 22.2 Å². The van der Waals surface area contributed by atoms with Crippen molar-refractivity contribution in [1.82, 2.24) is 14.9 Å². The summed E-state index contributed by atoms with van der Waals surface area (Å²) in [5.41, 5.74) is 1.15. The van der Waals surface area contributed by atoms with Crippen LogP contribution in [0.25, 0.3) is 10.2 Å². The summed E-state index contributed by atoms with van der Waals surface area (Å²) in [5.74, 6) is 1.66. The van der Waals surface area contributed by atoms with Gasteiger partial charge in [0, 0.05) is 31.7 Å². The molecule has 9 heteroatoms. The number of fused-ring (bicyclic) bond motifs is 1. The molecular weight excluding hydrogens is 376 g/mol. The van der Waals surface area contributed by atoms with Gasteiger partial charge in [0.15, 0.2) is 0 Å². The zero-order chi connectivity index (χ0) is 19.7. The van der Waals surface area contributed by atoms with Gasteiger partial charge >= 0.3 is 0 Å². The summed E-state index contributed by atoms with van der Waals surface area (Å²) in [4.78, 5) is 26.5. The molecule has 1 aliphatic rings. The normalized spacial score (nSPS) is 15.0. The average Bonchev–Trinajstić information content (AvgIpc) is 3.27. The van der Waals surface area contributed by atoms with Crippen molar-refractivity contribution in [2.45, 2.75) is 13.8 Å². The minimum Gasteiger partial charge on any atom is -0.444 e. The number of carbonyl (C=O) groups excluding carboxylic acids is 1. The summed E-state index contributed by atoms with van der Waals surface area (Å²) < 4.78 is 5.51. The summed E-state index contributed by atoms with van der Waals surface area (Å²) in [6.45, 7) is 6.94. The molecule has 0 radical (unpaired) electrons. The van der Waals surface area contributed by atoms with Crippen LogP contribution in [0.1, 0.15) is 16.9 Å². The molecule has 8 nitrogen and oxygen atoms in total. The van der Waals surface area contributed by atoms with Crippen molar-refractivity contribution in [3.05, 3.63) is 34.7 Å². The second kappa shape index (κ2) is 7.58. The third-order valence-corrected chi connectivity index (χ3v) is 5.85. The molecule has 1 saturated heterocycles. The predicted molar refractivity (Wildman–Crippen MR) is 108 cm³/mol. The SMILES string of the molecule is Cc1oc(NC(=O)CN2CCN(c3ncnc4sccc34)CC2)c(C#N)c1C. The Morgan fingerprint density at radius 3 is 2.86 bits per heavy atom. The van der Waals surface area contributed by atoms with E-state index in [0.29, 0.717) is 11.3 Å². The zero-order valence-corrected chi connectivity index (χ0v) is 16.5. The second-order valence-electron chi connectivity index (χ2n) is 6.75. The van der Waals surface area contributed by atoms with Crippen LogP contribution in [0.2, 0.25) is 0 Å². The molecular formula is C19H20N6O2S. The van der Waals surface area contributed by atoms with Crippen LogP contribution in [0, 0.1) is 25.2 Å². The predicted octanol–water partition coefficient (Wildman–Crippen LogP) is 2.53. The summed E-state index contributed by atoms with van der Waals surface area (Å²) in [6, 6.07) is 4.14. The zero-order valence-electron chi connectivity index (χ0n) is 15.7. The molecule has 1 aliphatic heterocycles. The first-order valence-corrected chi connectivity index (χ1v) is 9.90. The van der Waals surface area contributed by atoms with Gasteiger partial charge in [-0.3, -0.25) is 15.0 Å². The molecule has 0 aromatic carbocycles. The van der Waals surface area contributed by atoms with E-state index >= 15 is 0 Å². The van der Waals surface area contributed by atoms with E-state index in [4.69, 9.17) is 4.42 Å². The highest BCUT2D eigenvalue weighted by atomic mass is 32.1. The number of thiophene rings is 1. The number of rotatable bonds is 4. The number of hydrogen-bond donors (Lipinski definition) is 1. The molecule has 0 aliphatic carbocycles. The van der Waals surface area contributed by atoms with Crippen LogP contribution in [0.5, 0.6) is 0 Å². The Morgan fingerprint density at radius 1 is 1.32 bits per heavy atom. The van der Waals surface area contributed by atoms with E-state index in [0.717, 1.165) is 47.8 Å². The number of nitrogens with zero attached hydrogens (tertiary/aromatic N) is 5. The van der Waals surface area contributed by atoms with Gasteiger partial charge in [-0.15, -0.1) is 11.3 Å². The van der Waals surface area contributed by atoms with Crippen molar-refractivity contribution in [2.75, 3.05) is 42.9 Å². The van der Waals surface area contributed by atoms with E-state index in [1.807, 2.05) is 12.3 Å². The number of carbonyl (C=O) groups is 1. The minimum atomic E-state index is -0.180. The van der Waals surface area contributed by atoms with Crippen LogP contribution >= 0.6 is 11.3 Å². The van der Waals surface area contributed by atoms with E-state index < -0.39 is 0 Å². The summed E-state index contributed by atoms with van der Waals surface area (Å²) in [5, 5.41) is 15.1. The quantitative estimate of drug-likeness (QED) is 0.723. The first kappa shape index (κ1) is 18.4. The van der Waals surface area contributed by atoms with Gasteiger partial charge in [0.05, 0.1) is 11.9 Å². The van der Waals surface area contributed by atoms with E-state index in [9.17, 15) is 10.1 Å². The molecule has 1 N–H and O–H groups in total. The molecule has 4 rings (SSSR count). The van der Waals surface area contributed by atoms with Gasteiger partial charge in [0.2, 0.25) is 11.8 Å². The molecule has 0 saturated carbocycles. The maximum absolute atomic E-state index is 12.4. The smallest absolute Gasteiger partial charge is 0.240 e. The number of aryl methyl sites for hydroxylation is 1. The second-order valence-corrected chi connectivity index (χ2v) is 7.64. The topological polar surface area (TPSA) is 98.3 Å². The van der Waals surface area contributed by atoms with Crippen molar-refractivity contribution in [3.63, 3.8) is 0 Å². The largest absolute Gasteiger partial charge is 0.444 e. The van der Waals surface area contributed by atoms with Gasteiger partial charge in [-0.25, -0.2) is 9.97 Å². The lowest BCUT2D eigenvalue weighted by Gasteiger charge is -2.35. The van der Waals surface area contributed by atoms with Gasteiger partial charge in [0.25, 0.3) is 0 Å². The fourth-order valence-corrected chi connectivity index (χ4v) is 4.09. The van der Waals surface area contributed by atoms with Gasteiger partial charge in [-0.2, -0.15) is 5.26 Å². The molecule has 0 atom stereocenters. The fourth-order valence-electron chi connectivity index (χ4n) is 3.37. The number of piperazine rings is 1. The molecule has 28 heavy (non-hydrogen) atoms. The average molecular weight is 396 g/mol. The molecule has 0 bridgehead atoms. The van der Waals surface area contributed by atoms with E-state index in [2.05, 4.69) is 37.2 Å². The summed E-state index contributed by atoms with van der Waals surface area (Å²) in [6.07, 6.45) is 1.61. The van der Waals surface area contributed by atoms with Gasteiger partial charge in [-0.1, -0.05) is 0 Å². The summed E-state index contributed by atoms with van der Waals surface area (Å²) in [7, 11) is 0. The molecule has 1 amide bonds. The third-order valence-electron chi connectivity index (χ3n) is 5.03. The molecule has 4 heterocycles. The van der Waals surface area contributed by atoms with Gasteiger partial charge < -0.3 is 9.32 Å². The standard InChI is InChI=1S/C19H20N6O2S/c1-12-13(2)27-18(15(12)9-20)23-16(26)10-24-4-6-25(7-5-24)17-14-3-8-28-19(14)22-11-21-17/h3,8,11H,4-7,10H2,1-2H3,(H,23,26). The highest BCUT2D eigenvalue weighted by Crippen LogP contribution is 2.27. The monoisotopic (exact) mass is 396 g/mol. The minimum absolute atomic E-state index is 0.180. The summed E-state index contributed by atoms with van der Waals surface area (Å²) >= 11 is 1.61. The van der Waals surface area contributed by atoms with Crippen molar-refractivity contribution >= 4 is 39.2 Å². The molecule has 3 aromatic rings. The lowest BCUT2D eigenvalue weighted by Crippen LogP contribution is -2.49. The highest BCUT2D eigenvalue weighted by Gasteiger charge is 2.23. The third kappa shape index (κ3) is 3.44. The number of amides is 1. The van der Waals surface area contributed by atoms with Crippen molar-refractivity contribution in [2.24, 2.45) is 0 Å². The number of furan rings is 1. The molecule has 1 fully saturated rings. The Kier molecular flexibility index (Phi) is 4.98. The molecule has 3 aromatic heterocycles. The Balaban J connectivity index is 1.36. The molecule has 0 unspecified atom stereocenters. The van der Waals surface area contributed by atoms with Crippen LogP contribution in [-0.4, -0.2) is 53.5 Å². The van der Waals surface area contributed by atoms with E-state index in [-0.39, 0.29) is 18.3 Å². The van der Waals surface area contributed by atoms with Crippen molar-refractivity contribution in [1.29, 1.82) is 5.26 Å². The Bertz CT molecular complexity index is 1060. The number of nitriles is 1. The lowest BCUT2D eigenvalue weighted by molar-refractivity contribution is -0.117.